The Morgan fingerprint density at radius 1 is 1.06 bits per heavy atom. The summed E-state index contributed by atoms with van der Waals surface area (Å²) >= 11 is 0. The van der Waals surface area contributed by atoms with Gasteiger partial charge in [0, 0.05) is 50.8 Å². The van der Waals surface area contributed by atoms with Crippen LogP contribution in [-0.2, 0) is 29.0 Å². The minimum Gasteiger partial charge on any atom is -0.495 e. The minimum absolute atomic E-state index is 0.0949. The van der Waals surface area contributed by atoms with E-state index in [-0.39, 0.29) is 24.6 Å². The lowest BCUT2D eigenvalue weighted by Gasteiger charge is -2.36. The van der Waals surface area contributed by atoms with Crippen LogP contribution in [0.15, 0.2) is 35.1 Å². The van der Waals surface area contributed by atoms with E-state index in [4.69, 9.17) is 9.47 Å². The van der Waals surface area contributed by atoms with Crippen molar-refractivity contribution in [2.24, 2.45) is 0 Å². The molecule has 0 spiro atoms. The third kappa shape index (κ3) is 4.94. The van der Waals surface area contributed by atoms with E-state index in [0.717, 1.165) is 17.1 Å². The molecule has 2 amide bonds. The molecule has 4 rings (SSSR count). The summed E-state index contributed by atoms with van der Waals surface area (Å²) in [6.07, 6.45) is 0.120. The van der Waals surface area contributed by atoms with Gasteiger partial charge in [0.05, 0.1) is 31.6 Å². The van der Waals surface area contributed by atoms with Crippen LogP contribution in [0.5, 0.6) is 5.75 Å². The Morgan fingerprint density at radius 3 is 2.55 bits per heavy atom. The molecule has 10 heteroatoms. The van der Waals surface area contributed by atoms with Crippen molar-refractivity contribution in [3.63, 3.8) is 0 Å². The highest BCUT2D eigenvalue weighted by molar-refractivity contribution is 5.76. The number of methoxy groups -OCH3 is 1. The van der Waals surface area contributed by atoms with Crippen molar-refractivity contribution < 1.29 is 19.1 Å². The Labute approximate surface area is 192 Å². The molecule has 0 bridgehead atoms. The van der Waals surface area contributed by atoms with Crippen LogP contribution >= 0.6 is 0 Å². The topological polar surface area (TPSA) is 97.2 Å². The Bertz CT molecular complexity index is 1080. The van der Waals surface area contributed by atoms with Gasteiger partial charge in [-0.25, -0.2) is 9.48 Å². The molecule has 33 heavy (non-hydrogen) atoms. The molecule has 0 saturated carbocycles. The third-order valence-corrected chi connectivity index (χ3v) is 6.01. The number of hydrogen-bond acceptors (Lipinski definition) is 7. The number of nitrogens with zero attached hydrogens (tertiary/aromatic N) is 5. The first-order chi connectivity index (χ1) is 16.0. The first kappa shape index (κ1) is 22.6. The zero-order valence-electron chi connectivity index (χ0n) is 19.0. The van der Waals surface area contributed by atoms with Gasteiger partial charge < -0.3 is 24.2 Å². The summed E-state index contributed by atoms with van der Waals surface area (Å²) in [6, 6.07) is 9.30. The Balaban J connectivity index is 1.38. The highest BCUT2D eigenvalue weighted by atomic mass is 16.6. The number of amides is 2. The van der Waals surface area contributed by atoms with Gasteiger partial charge >= 0.3 is 6.09 Å². The number of rotatable bonds is 5. The van der Waals surface area contributed by atoms with Gasteiger partial charge in [0.2, 0.25) is 5.91 Å². The molecule has 1 saturated heterocycles. The molecular formula is C23H29N5O5. The Morgan fingerprint density at radius 2 is 1.82 bits per heavy atom. The summed E-state index contributed by atoms with van der Waals surface area (Å²) in [5, 5.41) is 4.42. The number of ether oxygens (including phenoxy) is 2. The first-order valence-corrected chi connectivity index (χ1v) is 11.2. The second-order valence-corrected chi connectivity index (χ2v) is 8.02. The van der Waals surface area contributed by atoms with E-state index in [1.54, 1.807) is 23.8 Å². The number of aromatic nitrogens is 2. The maximum Gasteiger partial charge on any atom is 0.410 e. The monoisotopic (exact) mass is 455 g/mol. The third-order valence-electron chi connectivity index (χ3n) is 6.01. The summed E-state index contributed by atoms with van der Waals surface area (Å²) in [5.74, 6) is 0.678. The van der Waals surface area contributed by atoms with Crippen molar-refractivity contribution in [2.75, 3.05) is 51.3 Å². The predicted molar refractivity (Wildman–Crippen MR) is 121 cm³/mol. The second-order valence-electron chi connectivity index (χ2n) is 8.02. The number of piperazine rings is 1. The molecule has 1 aromatic heterocycles. The molecule has 2 aliphatic heterocycles. The fourth-order valence-electron chi connectivity index (χ4n) is 4.24. The maximum absolute atomic E-state index is 12.9. The summed E-state index contributed by atoms with van der Waals surface area (Å²) in [4.78, 5) is 43.0. The lowest BCUT2D eigenvalue weighted by molar-refractivity contribution is -0.132. The van der Waals surface area contributed by atoms with Gasteiger partial charge in [-0.3, -0.25) is 9.59 Å². The van der Waals surface area contributed by atoms with Gasteiger partial charge in [0.25, 0.3) is 5.56 Å². The van der Waals surface area contributed by atoms with Crippen LogP contribution in [0.25, 0.3) is 0 Å². The van der Waals surface area contributed by atoms with E-state index in [9.17, 15) is 14.4 Å². The van der Waals surface area contributed by atoms with Gasteiger partial charge in [-0.2, -0.15) is 5.10 Å². The molecule has 0 radical (unpaired) electrons. The summed E-state index contributed by atoms with van der Waals surface area (Å²) in [6.45, 7) is 5.21. The molecule has 0 aliphatic carbocycles. The van der Waals surface area contributed by atoms with Crippen LogP contribution in [0.4, 0.5) is 10.5 Å². The van der Waals surface area contributed by atoms with Gasteiger partial charge in [-0.1, -0.05) is 12.1 Å². The van der Waals surface area contributed by atoms with Gasteiger partial charge in [-0.15, -0.1) is 0 Å². The van der Waals surface area contributed by atoms with Crippen LogP contribution < -0.4 is 15.2 Å². The molecule has 1 fully saturated rings. The number of carbonyl (C=O) groups excluding carboxylic acids is 2. The van der Waals surface area contributed by atoms with E-state index in [0.29, 0.717) is 51.3 Å². The fourth-order valence-corrected chi connectivity index (χ4v) is 4.24. The van der Waals surface area contributed by atoms with E-state index < -0.39 is 6.09 Å². The molecule has 0 N–H and O–H groups in total. The summed E-state index contributed by atoms with van der Waals surface area (Å²) < 4.78 is 11.7. The minimum atomic E-state index is -0.394. The molecule has 0 atom stereocenters. The quantitative estimate of drug-likeness (QED) is 0.666. The number of benzene rings is 1. The molecular weight excluding hydrogens is 426 g/mol. The number of carbonyl (C=O) groups is 2. The van der Waals surface area contributed by atoms with E-state index in [1.807, 2.05) is 24.3 Å². The lowest BCUT2D eigenvalue weighted by Crippen LogP contribution is -2.50. The standard InChI is InChI=1S/C23H29N5O5/c1-3-33-23(31)27-9-8-18-17(15-27)14-21(29)28(24-18)16-22(30)26-12-10-25(11-13-26)19-6-4-5-7-20(19)32-2/h4-7,14H,3,8-13,15-16H2,1-2H3. The van der Waals surface area contributed by atoms with Crippen molar-refractivity contribution in [1.29, 1.82) is 0 Å². The molecule has 1 aromatic carbocycles. The van der Waals surface area contributed by atoms with E-state index in [1.165, 1.54) is 10.7 Å². The number of para-hydroxylation sites is 2. The van der Waals surface area contributed by atoms with Crippen LogP contribution in [0.2, 0.25) is 0 Å². The Hall–Kier alpha value is -3.56. The first-order valence-electron chi connectivity index (χ1n) is 11.2. The molecule has 2 aromatic rings. The number of fused-ring (bicyclic) bond motifs is 1. The lowest BCUT2D eigenvalue weighted by atomic mass is 10.1. The van der Waals surface area contributed by atoms with Crippen LogP contribution in [0, 0.1) is 0 Å². The summed E-state index contributed by atoms with van der Waals surface area (Å²) in [5.41, 5.74) is 2.11. The highest BCUT2D eigenvalue weighted by Gasteiger charge is 2.26. The van der Waals surface area contributed by atoms with Crippen molar-refractivity contribution in [2.45, 2.75) is 26.4 Å². The fraction of sp³-hybridized carbons (Fsp3) is 0.478. The van der Waals surface area contributed by atoms with Crippen molar-refractivity contribution in [3.05, 3.63) is 51.9 Å². The normalized spacial score (nSPS) is 15.8. The highest BCUT2D eigenvalue weighted by Crippen LogP contribution is 2.28. The van der Waals surface area contributed by atoms with E-state index in [2.05, 4.69) is 10.00 Å². The average Bonchev–Trinajstić information content (AvgIpc) is 2.84. The zero-order chi connectivity index (χ0) is 23.4. The van der Waals surface area contributed by atoms with Crippen molar-refractivity contribution in [3.8, 4) is 5.75 Å². The van der Waals surface area contributed by atoms with Gasteiger partial charge in [-0.05, 0) is 19.1 Å². The van der Waals surface area contributed by atoms with Crippen LogP contribution in [0.1, 0.15) is 18.2 Å². The van der Waals surface area contributed by atoms with Crippen LogP contribution in [-0.4, -0.2) is 78.0 Å². The SMILES string of the molecule is CCOC(=O)N1CCc2nn(CC(=O)N3CCN(c4ccccc4OC)CC3)c(=O)cc2C1. The maximum atomic E-state index is 12.9. The number of anilines is 1. The van der Waals surface area contributed by atoms with Crippen molar-refractivity contribution >= 4 is 17.7 Å². The molecule has 2 aliphatic rings. The van der Waals surface area contributed by atoms with Gasteiger partial charge in [0.1, 0.15) is 12.3 Å². The van der Waals surface area contributed by atoms with E-state index >= 15 is 0 Å². The van der Waals surface area contributed by atoms with Crippen molar-refractivity contribution in [1.82, 2.24) is 19.6 Å². The zero-order valence-corrected chi connectivity index (χ0v) is 19.0. The van der Waals surface area contributed by atoms with Crippen LogP contribution in [0.3, 0.4) is 0 Å². The molecule has 0 unspecified atom stereocenters. The van der Waals surface area contributed by atoms with Gasteiger partial charge in [0.15, 0.2) is 0 Å². The smallest absolute Gasteiger partial charge is 0.410 e. The predicted octanol–water partition coefficient (Wildman–Crippen LogP) is 1.12. The molecule has 10 nitrogen and oxygen atoms in total. The molecule has 3 heterocycles. The largest absolute Gasteiger partial charge is 0.495 e. The average molecular weight is 456 g/mol. The second kappa shape index (κ2) is 9.93. The Kier molecular flexibility index (Phi) is 6.81. The summed E-state index contributed by atoms with van der Waals surface area (Å²) in [7, 11) is 1.65. The number of hydrogen-bond donors (Lipinski definition) is 0. The molecule has 176 valence electrons.